The van der Waals surface area contributed by atoms with Crippen LogP contribution in [0.4, 0.5) is 8.78 Å². The lowest BCUT2D eigenvalue weighted by Gasteiger charge is -2.30. The topological polar surface area (TPSA) is 75.4 Å². The summed E-state index contributed by atoms with van der Waals surface area (Å²) in [5, 5.41) is 12.1. The van der Waals surface area contributed by atoms with E-state index in [9.17, 15) is 18.7 Å². The van der Waals surface area contributed by atoms with Crippen LogP contribution < -0.4 is 0 Å². The monoisotopic (exact) mass is 814 g/mol. The summed E-state index contributed by atoms with van der Waals surface area (Å²) >= 11 is 18.8. The van der Waals surface area contributed by atoms with Gasteiger partial charge in [0.05, 0.1) is 39.0 Å². The lowest BCUT2D eigenvalue weighted by atomic mass is 10.0. The van der Waals surface area contributed by atoms with Crippen LogP contribution in [0.3, 0.4) is 0 Å². The van der Waals surface area contributed by atoms with Crippen LogP contribution in [0.2, 0.25) is 10.0 Å². The van der Waals surface area contributed by atoms with Crippen molar-refractivity contribution >= 4 is 82.7 Å². The number of hydrogen-bond acceptors (Lipinski definition) is 4. The predicted molar refractivity (Wildman–Crippen MR) is 192 cm³/mol. The van der Waals surface area contributed by atoms with Gasteiger partial charge in [0.25, 0.3) is 0 Å². The zero-order valence-electron chi connectivity index (χ0n) is 25.3. The van der Waals surface area contributed by atoms with E-state index in [0.717, 1.165) is 33.1 Å². The molecule has 1 atom stereocenters. The molecule has 6 aromatic rings. The highest BCUT2D eigenvalue weighted by Gasteiger charge is 2.31. The number of nitrogens with zero attached hydrogens (tertiary/aromatic N) is 2. The molecule has 2 aliphatic rings. The zero-order chi connectivity index (χ0) is 33.7. The van der Waals surface area contributed by atoms with Crippen molar-refractivity contribution in [1.82, 2.24) is 19.8 Å². The molecule has 1 unspecified atom stereocenters. The van der Waals surface area contributed by atoms with Crippen LogP contribution in [0.5, 0.6) is 0 Å². The van der Waals surface area contributed by atoms with Crippen LogP contribution >= 0.6 is 55.1 Å². The molecule has 0 spiro atoms. The average Bonchev–Trinajstić information content (AvgIpc) is 3.65. The largest absolute Gasteiger partial charge is 0.386 e. The Hall–Kier alpha value is -3.09. The summed E-state index contributed by atoms with van der Waals surface area (Å²) in [5.74, 6) is -1.04. The Morgan fingerprint density at radius 2 is 1.25 bits per heavy atom. The third-order valence-electron chi connectivity index (χ3n) is 8.75. The first-order valence-corrected chi connectivity index (χ1v) is 17.5. The normalized spacial score (nSPS) is 16.6. The Morgan fingerprint density at radius 3 is 1.83 bits per heavy atom. The Labute approximate surface area is 301 Å². The number of carbonyl (C=O) groups is 1. The van der Waals surface area contributed by atoms with Gasteiger partial charge in [-0.05, 0) is 28.8 Å². The molecule has 12 heteroatoms. The van der Waals surface area contributed by atoms with E-state index in [1.807, 2.05) is 48.5 Å². The van der Waals surface area contributed by atoms with Crippen LogP contribution in [0, 0.1) is 11.6 Å². The maximum Gasteiger partial charge on any atom is 0.193 e. The van der Waals surface area contributed by atoms with Gasteiger partial charge in [0.15, 0.2) is 17.4 Å². The van der Waals surface area contributed by atoms with Crippen LogP contribution in [-0.2, 0) is 26.2 Å². The number of rotatable bonds is 4. The highest BCUT2D eigenvalue weighted by Crippen LogP contribution is 2.40. The molecule has 0 amide bonds. The molecule has 3 N–H and O–H groups in total. The quantitative estimate of drug-likeness (QED) is 0.155. The molecule has 0 fully saturated rings. The molecule has 0 saturated heterocycles. The molecule has 2 aromatic heterocycles. The minimum absolute atomic E-state index is 0.0292. The van der Waals surface area contributed by atoms with Gasteiger partial charge in [-0.2, -0.15) is 0 Å². The van der Waals surface area contributed by atoms with Crippen molar-refractivity contribution in [1.29, 1.82) is 0 Å². The Balaban J connectivity index is 0.000000152. The number of hydrogen-bond donors (Lipinski definition) is 3. The van der Waals surface area contributed by atoms with Crippen molar-refractivity contribution in [2.45, 2.75) is 32.3 Å². The molecule has 246 valence electrons. The first-order chi connectivity index (χ1) is 23.1. The first kappa shape index (κ1) is 33.4. The van der Waals surface area contributed by atoms with Crippen LogP contribution in [0.1, 0.15) is 44.5 Å². The van der Waals surface area contributed by atoms with Gasteiger partial charge in [-0.15, -0.1) is 0 Å². The number of aliphatic hydroxyl groups is 1. The smallest absolute Gasteiger partial charge is 0.193 e. The maximum atomic E-state index is 14.4. The molecule has 4 aromatic carbocycles. The van der Waals surface area contributed by atoms with Crippen molar-refractivity contribution in [3.05, 3.63) is 137 Å². The Bertz CT molecular complexity index is 2180. The number of Topliss-reactive ketones (excluding diaryl/α,β-unsaturated/α-hetero) is 1. The van der Waals surface area contributed by atoms with Crippen LogP contribution in [-0.4, -0.2) is 43.7 Å². The number of H-pyrrole nitrogens is 2. The number of ketones is 1. The van der Waals surface area contributed by atoms with Gasteiger partial charge in [0.2, 0.25) is 0 Å². The summed E-state index contributed by atoms with van der Waals surface area (Å²) in [5.41, 5.74) is 5.85. The molecule has 48 heavy (non-hydrogen) atoms. The fourth-order valence-electron chi connectivity index (χ4n) is 6.63. The highest BCUT2D eigenvalue weighted by molar-refractivity contribution is 9.11. The molecule has 6 nitrogen and oxygen atoms in total. The molecule has 8 rings (SSSR count). The number of aliphatic hydroxyl groups excluding tert-OH is 1. The average molecular weight is 817 g/mol. The van der Waals surface area contributed by atoms with Crippen molar-refractivity contribution in [2.24, 2.45) is 0 Å². The summed E-state index contributed by atoms with van der Waals surface area (Å²) < 4.78 is 30.1. The number of carbonyl (C=O) groups excluding carboxylic acids is 1. The number of halogens is 6. The van der Waals surface area contributed by atoms with E-state index in [0.29, 0.717) is 59.5 Å². The third kappa shape index (κ3) is 6.35. The molecular formula is C36H28Br2Cl2F2N4O2. The number of benzene rings is 4. The van der Waals surface area contributed by atoms with Crippen molar-refractivity contribution in [3.8, 4) is 0 Å². The maximum absolute atomic E-state index is 14.4. The minimum atomic E-state index is -0.685. The van der Waals surface area contributed by atoms with Crippen molar-refractivity contribution < 1.29 is 18.7 Å². The second kappa shape index (κ2) is 13.7. The van der Waals surface area contributed by atoms with E-state index < -0.39 is 17.7 Å². The number of aromatic amines is 2. The van der Waals surface area contributed by atoms with Crippen LogP contribution in [0.15, 0.2) is 81.7 Å². The highest BCUT2D eigenvalue weighted by atomic mass is 79.9. The summed E-state index contributed by atoms with van der Waals surface area (Å²) in [4.78, 5) is 22.7. The van der Waals surface area contributed by atoms with Gasteiger partial charge in [-0.25, -0.2) is 8.78 Å². The number of aromatic nitrogens is 2. The van der Waals surface area contributed by atoms with E-state index in [1.165, 1.54) is 11.6 Å². The molecule has 0 saturated carbocycles. The second-order valence-corrected chi connectivity index (χ2v) is 14.6. The Kier molecular flexibility index (Phi) is 9.51. The van der Waals surface area contributed by atoms with Crippen molar-refractivity contribution in [2.75, 3.05) is 13.1 Å². The third-order valence-corrected chi connectivity index (χ3v) is 10.6. The van der Waals surface area contributed by atoms with Gasteiger partial charge < -0.3 is 15.1 Å². The molecule has 2 aliphatic heterocycles. The van der Waals surface area contributed by atoms with Crippen molar-refractivity contribution in [3.63, 3.8) is 0 Å². The molecule has 0 bridgehead atoms. The fourth-order valence-corrected chi connectivity index (χ4v) is 8.64. The molecular weight excluding hydrogens is 789 g/mol. The number of β-amino-alcohol motifs (C(OH)–C–C–N with tert-alkyl or cyclic N) is 1. The summed E-state index contributed by atoms with van der Waals surface area (Å²) in [6.45, 7) is 3.43. The van der Waals surface area contributed by atoms with Gasteiger partial charge in [-0.1, -0.05) is 116 Å². The van der Waals surface area contributed by atoms with E-state index in [-0.39, 0.29) is 21.3 Å². The summed E-state index contributed by atoms with van der Waals surface area (Å²) in [6.07, 6.45) is -0.685. The number of fused-ring (bicyclic) bond motifs is 6. The van der Waals surface area contributed by atoms with E-state index >= 15 is 0 Å². The first-order valence-electron chi connectivity index (χ1n) is 15.2. The zero-order valence-corrected chi connectivity index (χ0v) is 29.9. The minimum Gasteiger partial charge on any atom is -0.386 e. The van der Waals surface area contributed by atoms with Gasteiger partial charge in [-0.3, -0.25) is 14.6 Å². The fraction of sp³-hybridized carbons (Fsp3) is 0.194. The standard InChI is InChI=1S/C18H15BrClFN2O.C18H13BrClFN2O/c2*19-12-6-13(20)16(21)18-15(12)11-8-23(9-14(24)17(11)22-18)7-10-4-2-1-3-5-10/h1-6,14,22,24H,7-9H2;1-6,22H,7-9H2. The molecule has 0 radical (unpaired) electrons. The lowest BCUT2D eigenvalue weighted by molar-refractivity contribution is 0.0859. The SMILES string of the molecule is O=C1CN(Cc2ccccc2)Cc2c1[nH]c1c(F)c(Cl)cc(Br)c21.OC1CN(Cc2ccccc2)Cc2c1[nH]c1c(F)c(Cl)cc(Br)c21. The van der Waals surface area contributed by atoms with E-state index in [1.54, 1.807) is 6.07 Å². The number of nitrogens with one attached hydrogen (secondary N) is 2. The lowest BCUT2D eigenvalue weighted by Crippen LogP contribution is -2.34. The summed E-state index contributed by atoms with van der Waals surface area (Å²) in [6, 6.07) is 23.2. The molecule has 0 aliphatic carbocycles. The predicted octanol–water partition coefficient (Wildman–Crippen LogP) is 9.69. The van der Waals surface area contributed by atoms with E-state index in [4.69, 9.17) is 23.2 Å². The van der Waals surface area contributed by atoms with Gasteiger partial charge in [0, 0.05) is 58.0 Å². The Morgan fingerprint density at radius 1 is 0.750 bits per heavy atom. The van der Waals surface area contributed by atoms with Crippen LogP contribution in [0.25, 0.3) is 21.8 Å². The van der Waals surface area contributed by atoms with Gasteiger partial charge >= 0.3 is 0 Å². The second-order valence-electron chi connectivity index (χ2n) is 12.0. The summed E-state index contributed by atoms with van der Waals surface area (Å²) in [7, 11) is 0. The van der Waals surface area contributed by atoms with Gasteiger partial charge in [0.1, 0.15) is 6.10 Å². The molecule has 4 heterocycles. The van der Waals surface area contributed by atoms with E-state index in [2.05, 4.69) is 63.8 Å².